The number of nitrogen functional groups attached to an aromatic ring is 1. The summed E-state index contributed by atoms with van der Waals surface area (Å²) < 4.78 is 0. The van der Waals surface area contributed by atoms with Crippen molar-refractivity contribution in [2.24, 2.45) is 0 Å². The summed E-state index contributed by atoms with van der Waals surface area (Å²) in [6.45, 7) is 2.29. The Morgan fingerprint density at radius 1 is 1.21 bits per heavy atom. The van der Waals surface area contributed by atoms with Gasteiger partial charge in [0, 0.05) is 44.0 Å². The minimum Gasteiger partial charge on any atom is -0.383 e. The lowest BCUT2D eigenvalue weighted by atomic mass is 10.1. The molecule has 1 aliphatic carbocycles. The standard InChI is InChI=1S/C21H28N6O/c1-26(14-16-5-2-3-10-23-16)17-6-4-11-27(12-9-17)21(28)18-13-24-20(15-7-8-15)25-19(18)22/h2-3,5,10,13,15,17H,4,6-9,11-12,14H2,1H3,(H2,22,24,25). The van der Waals surface area contributed by atoms with Crippen LogP contribution >= 0.6 is 0 Å². The van der Waals surface area contributed by atoms with Gasteiger partial charge in [-0.3, -0.25) is 14.7 Å². The van der Waals surface area contributed by atoms with Gasteiger partial charge in [-0.25, -0.2) is 9.97 Å². The highest BCUT2D eigenvalue weighted by atomic mass is 16.2. The Kier molecular flexibility index (Phi) is 5.52. The van der Waals surface area contributed by atoms with Gasteiger partial charge in [0.1, 0.15) is 17.2 Å². The van der Waals surface area contributed by atoms with Crippen LogP contribution in [0.4, 0.5) is 5.82 Å². The molecular weight excluding hydrogens is 352 g/mol. The minimum absolute atomic E-state index is 0.0483. The lowest BCUT2D eigenvalue weighted by molar-refractivity contribution is 0.0757. The Morgan fingerprint density at radius 2 is 2.07 bits per heavy atom. The van der Waals surface area contributed by atoms with E-state index in [0.29, 0.717) is 23.3 Å². The molecule has 1 saturated heterocycles. The van der Waals surface area contributed by atoms with Gasteiger partial charge >= 0.3 is 0 Å². The minimum atomic E-state index is -0.0483. The molecule has 4 rings (SSSR count). The van der Waals surface area contributed by atoms with Crippen LogP contribution in [0.2, 0.25) is 0 Å². The number of nitrogens with two attached hydrogens (primary N) is 1. The summed E-state index contributed by atoms with van der Waals surface area (Å²) in [5.74, 6) is 1.48. The quantitative estimate of drug-likeness (QED) is 0.857. The number of amides is 1. The van der Waals surface area contributed by atoms with E-state index in [0.717, 1.165) is 63.3 Å². The topological polar surface area (TPSA) is 88.2 Å². The molecule has 1 atom stereocenters. The van der Waals surface area contributed by atoms with Crippen molar-refractivity contribution < 1.29 is 4.79 Å². The second-order valence-electron chi connectivity index (χ2n) is 7.91. The molecule has 2 N–H and O–H groups in total. The molecule has 0 aromatic carbocycles. The van der Waals surface area contributed by atoms with Crippen molar-refractivity contribution in [3.63, 3.8) is 0 Å². The van der Waals surface area contributed by atoms with E-state index in [4.69, 9.17) is 5.73 Å². The molecule has 0 bridgehead atoms. The van der Waals surface area contributed by atoms with Gasteiger partial charge in [0.2, 0.25) is 0 Å². The Morgan fingerprint density at radius 3 is 2.79 bits per heavy atom. The van der Waals surface area contributed by atoms with Gasteiger partial charge in [-0.05, 0) is 51.3 Å². The molecule has 2 fully saturated rings. The van der Waals surface area contributed by atoms with Gasteiger partial charge in [-0.2, -0.15) is 0 Å². The Bertz CT molecular complexity index is 823. The fourth-order valence-electron chi connectivity index (χ4n) is 3.88. The smallest absolute Gasteiger partial charge is 0.259 e. The van der Waals surface area contributed by atoms with E-state index in [1.807, 2.05) is 23.2 Å². The molecule has 2 aromatic rings. The molecule has 148 valence electrons. The molecule has 3 heterocycles. The number of anilines is 1. The third kappa shape index (κ3) is 4.30. The van der Waals surface area contributed by atoms with E-state index in [-0.39, 0.29) is 5.91 Å². The molecule has 1 amide bonds. The normalized spacial score (nSPS) is 20.2. The van der Waals surface area contributed by atoms with E-state index in [1.54, 1.807) is 6.20 Å². The number of nitrogens with zero attached hydrogens (tertiary/aromatic N) is 5. The first-order valence-electron chi connectivity index (χ1n) is 10.1. The SMILES string of the molecule is CN(Cc1ccccn1)C1CCCN(C(=O)c2cnc(C3CC3)nc2N)CC1. The van der Waals surface area contributed by atoms with Crippen molar-refractivity contribution in [3.8, 4) is 0 Å². The maximum Gasteiger partial charge on any atom is 0.259 e. The molecule has 7 heteroatoms. The highest BCUT2D eigenvalue weighted by Crippen LogP contribution is 2.38. The number of hydrogen-bond acceptors (Lipinski definition) is 6. The third-order valence-corrected chi connectivity index (χ3v) is 5.76. The first-order chi connectivity index (χ1) is 13.6. The van der Waals surface area contributed by atoms with Crippen molar-refractivity contribution in [3.05, 3.63) is 47.7 Å². The molecule has 0 radical (unpaired) electrons. The molecular formula is C21H28N6O. The lowest BCUT2D eigenvalue weighted by Crippen LogP contribution is -2.35. The van der Waals surface area contributed by atoms with Crippen molar-refractivity contribution in [2.75, 3.05) is 25.9 Å². The van der Waals surface area contributed by atoms with Crippen LogP contribution in [0, 0.1) is 0 Å². The van der Waals surface area contributed by atoms with Gasteiger partial charge < -0.3 is 10.6 Å². The van der Waals surface area contributed by atoms with Crippen molar-refractivity contribution in [2.45, 2.75) is 50.6 Å². The first kappa shape index (κ1) is 18.8. The zero-order valence-corrected chi connectivity index (χ0v) is 16.4. The van der Waals surface area contributed by atoms with Crippen LogP contribution in [0.25, 0.3) is 0 Å². The highest BCUT2D eigenvalue weighted by Gasteiger charge is 2.29. The summed E-state index contributed by atoms with van der Waals surface area (Å²) in [6.07, 6.45) is 8.67. The number of pyridine rings is 1. The monoisotopic (exact) mass is 380 g/mol. The van der Waals surface area contributed by atoms with Crippen molar-refractivity contribution in [1.29, 1.82) is 0 Å². The largest absolute Gasteiger partial charge is 0.383 e. The zero-order chi connectivity index (χ0) is 19.5. The molecule has 28 heavy (non-hydrogen) atoms. The number of carbonyl (C=O) groups is 1. The number of rotatable bonds is 5. The van der Waals surface area contributed by atoms with Gasteiger partial charge in [0.05, 0.1) is 5.69 Å². The van der Waals surface area contributed by atoms with Gasteiger partial charge in [-0.15, -0.1) is 0 Å². The summed E-state index contributed by atoms with van der Waals surface area (Å²) in [7, 11) is 2.14. The second kappa shape index (κ2) is 8.22. The second-order valence-corrected chi connectivity index (χ2v) is 7.91. The molecule has 0 spiro atoms. The maximum atomic E-state index is 13.0. The van der Waals surface area contributed by atoms with Crippen molar-refractivity contribution in [1.82, 2.24) is 24.8 Å². The third-order valence-electron chi connectivity index (χ3n) is 5.76. The lowest BCUT2D eigenvalue weighted by Gasteiger charge is -2.27. The van der Waals surface area contributed by atoms with Gasteiger partial charge in [-0.1, -0.05) is 6.07 Å². The van der Waals surface area contributed by atoms with Gasteiger partial charge in [0.25, 0.3) is 5.91 Å². The van der Waals surface area contributed by atoms with Crippen LogP contribution in [0.15, 0.2) is 30.6 Å². The molecule has 1 unspecified atom stereocenters. The average Bonchev–Trinajstić information content (AvgIpc) is 3.55. The summed E-state index contributed by atoms with van der Waals surface area (Å²) in [6, 6.07) is 6.44. The van der Waals surface area contributed by atoms with Crippen LogP contribution in [0.1, 0.15) is 59.9 Å². The Labute approximate surface area is 166 Å². The molecule has 1 aliphatic heterocycles. The number of carbonyl (C=O) groups excluding carboxylic acids is 1. The number of likely N-dealkylation sites (tertiary alicyclic amines) is 1. The van der Waals surface area contributed by atoms with Crippen LogP contribution in [0.3, 0.4) is 0 Å². The molecule has 1 saturated carbocycles. The van der Waals surface area contributed by atoms with Crippen LogP contribution in [0.5, 0.6) is 0 Å². The zero-order valence-electron chi connectivity index (χ0n) is 16.4. The fraction of sp³-hybridized carbons (Fsp3) is 0.524. The number of hydrogen-bond donors (Lipinski definition) is 1. The number of aromatic nitrogens is 3. The Hall–Kier alpha value is -2.54. The highest BCUT2D eigenvalue weighted by molar-refractivity contribution is 5.98. The first-order valence-corrected chi connectivity index (χ1v) is 10.1. The summed E-state index contributed by atoms with van der Waals surface area (Å²) in [4.78, 5) is 30.4. The van der Waals surface area contributed by atoms with Crippen LogP contribution in [-0.2, 0) is 6.54 Å². The summed E-state index contributed by atoms with van der Waals surface area (Å²) in [5, 5.41) is 0. The van der Waals surface area contributed by atoms with E-state index < -0.39 is 0 Å². The molecule has 2 aliphatic rings. The Balaban J connectivity index is 1.37. The van der Waals surface area contributed by atoms with Crippen LogP contribution < -0.4 is 5.73 Å². The summed E-state index contributed by atoms with van der Waals surface area (Å²) in [5.41, 5.74) is 7.59. The van der Waals surface area contributed by atoms with Gasteiger partial charge in [0.15, 0.2) is 0 Å². The van der Waals surface area contributed by atoms with Crippen LogP contribution in [-0.4, -0.2) is 56.8 Å². The van der Waals surface area contributed by atoms with E-state index >= 15 is 0 Å². The predicted molar refractivity (Wildman–Crippen MR) is 108 cm³/mol. The molecule has 2 aromatic heterocycles. The maximum absolute atomic E-state index is 13.0. The average molecular weight is 380 g/mol. The predicted octanol–water partition coefficient (Wildman–Crippen LogP) is 2.46. The fourth-order valence-corrected chi connectivity index (χ4v) is 3.88. The van der Waals surface area contributed by atoms with E-state index in [9.17, 15) is 4.79 Å². The van der Waals surface area contributed by atoms with Crippen molar-refractivity contribution >= 4 is 11.7 Å². The van der Waals surface area contributed by atoms with E-state index in [2.05, 4.69) is 33.0 Å². The summed E-state index contributed by atoms with van der Waals surface area (Å²) >= 11 is 0. The van der Waals surface area contributed by atoms with E-state index in [1.165, 1.54) is 0 Å². The molecule has 7 nitrogen and oxygen atoms in total.